The largest absolute Gasteiger partial charge is 0.389 e. The maximum Gasteiger partial charge on any atom is 0.0743 e. The predicted octanol–water partition coefficient (Wildman–Crippen LogP) is 1.53. The van der Waals surface area contributed by atoms with E-state index in [2.05, 4.69) is 11.0 Å². The van der Waals surface area contributed by atoms with Gasteiger partial charge in [-0.3, -0.25) is 4.90 Å². The van der Waals surface area contributed by atoms with Gasteiger partial charge in [-0.05, 0) is 26.2 Å². The molecule has 0 bridgehead atoms. The van der Waals surface area contributed by atoms with Gasteiger partial charge in [0, 0.05) is 25.6 Å². The first-order valence-electron chi connectivity index (χ1n) is 5.42. The van der Waals surface area contributed by atoms with Crippen LogP contribution in [-0.2, 0) is 0 Å². The molecule has 0 aromatic rings. The molecular weight excluding hydrogens is 176 g/mol. The van der Waals surface area contributed by atoms with Crippen molar-refractivity contribution in [3.8, 4) is 6.07 Å². The molecular formula is C11H20N2O. The van der Waals surface area contributed by atoms with E-state index in [0.29, 0.717) is 19.0 Å². The molecule has 1 N–H and O–H groups in total. The van der Waals surface area contributed by atoms with Crippen LogP contribution in [0.3, 0.4) is 0 Å². The number of nitriles is 1. The molecule has 1 aliphatic carbocycles. The highest BCUT2D eigenvalue weighted by Gasteiger charge is 2.32. The molecule has 3 nitrogen and oxygen atoms in total. The Labute approximate surface area is 86.3 Å². The number of aliphatic hydroxyl groups is 1. The van der Waals surface area contributed by atoms with Gasteiger partial charge in [0.1, 0.15) is 0 Å². The normalized spacial score (nSPS) is 20.5. The molecule has 1 saturated carbocycles. The summed E-state index contributed by atoms with van der Waals surface area (Å²) in [5.74, 6) is 0. The molecule has 14 heavy (non-hydrogen) atoms. The Balaban J connectivity index is 2.39. The van der Waals surface area contributed by atoms with Crippen molar-refractivity contribution >= 4 is 0 Å². The fraction of sp³-hybridized carbons (Fsp3) is 0.909. The average Bonchev–Trinajstić information content (AvgIpc) is 2.95. The average molecular weight is 196 g/mol. The lowest BCUT2D eigenvalue weighted by atomic mass is 10.0. The van der Waals surface area contributed by atoms with Crippen molar-refractivity contribution < 1.29 is 5.11 Å². The molecule has 0 amide bonds. The van der Waals surface area contributed by atoms with E-state index >= 15 is 0 Å². The van der Waals surface area contributed by atoms with Crippen LogP contribution in [0, 0.1) is 11.3 Å². The molecule has 0 heterocycles. The van der Waals surface area contributed by atoms with Crippen LogP contribution in [0.4, 0.5) is 0 Å². The third-order valence-electron chi connectivity index (χ3n) is 2.88. The molecule has 0 spiro atoms. The van der Waals surface area contributed by atoms with Crippen LogP contribution >= 0.6 is 0 Å². The summed E-state index contributed by atoms with van der Waals surface area (Å²) in [5, 5.41) is 18.5. The van der Waals surface area contributed by atoms with Gasteiger partial charge in [0.25, 0.3) is 0 Å². The minimum atomic E-state index is -0.599. The van der Waals surface area contributed by atoms with Crippen molar-refractivity contribution in [1.82, 2.24) is 4.90 Å². The Hall–Kier alpha value is -0.590. The zero-order valence-corrected chi connectivity index (χ0v) is 9.16. The van der Waals surface area contributed by atoms with Crippen molar-refractivity contribution in [3.05, 3.63) is 0 Å². The maximum absolute atomic E-state index is 9.95. The van der Waals surface area contributed by atoms with Crippen LogP contribution < -0.4 is 0 Å². The first-order valence-corrected chi connectivity index (χ1v) is 5.42. The van der Waals surface area contributed by atoms with Gasteiger partial charge in [0.2, 0.25) is 0 Å². The fourth-order valence-electron chi connectivity index (χ4n) is 1.57. The number of rotatable bonds is 6. The van der Waals surface area contributed by atoms with Crippen molar-refractivity contribution in [2.45, 2.75) is 51.2 Å². The molecule has 3 heteroatoms. The predicted molar refractivity (Wildman–Crippen MR) is 55.7 cm³/mol. The van der Waals surface area contributed by atoms with E-state index in [-0.39, 0.29) is 0 Å². The van der Waals surface area contributed by atoms with E-state index in [1.54, 1.807) is 0 Å². The van der Waals surface area contributed by atoms with Gasteiger partial charge in [-0.2, -0.15) is 5.26 Å². The van der Waals surface area contributed by atoms with E-state index in [1.807, 2.05) is 13.8 Å². The lowest BCUT2D eigenvalue weighted by Gasteiger charge is -2.30. The SMILES string of the molecule is CCC(C)(O)CN(CCC#N)C1CC1. The summed E-state index contributed by atoms with van der Waals surface area (Å²) < 4.78 is 0. The Kier molecular flexibility index (Phi) is 3.91. The second-order valence-corrected chi connectivity index (χ2v) is 4.46. The molecule has 1 atom stereocenters. The van der Waals surface area contributed by atoms with Gasteiger partial charge >= 0.3 is 0 Å². The number of hydrogen-bond acceptors (Lipinski definition) is 3. The molecule has 0 aromatic carbocycles. The summed E-state index contributed by atoms with van der Waals surface area (Å²) in [6, 6.07) is 2.79. The van der Waals surface area contributed by atoms with Crippen molar-refractivity contribution in [2.75, 3.05) is 13.1 Å². The van der Waals surface area contributed by atoms with Gasteiger partial charge < -0.3 is 5.11 Å². The quantitative estimate of drug-likeness (QED) is 0.700. The van der Waals surface area contributed by atoms with E-state index in [4.69, 9.17) is 5.26 Å². The maximum atomic E-state index is 9.95. The minimum Gasteiger partial charge on any atom is -0.389 e. The fourth-order valence-corrected chi connectivity index (χ4v) is 1.57. The molecule has 1 fully saturated rings. The van der Waals surface area contributed by atoms with Gasteiger partial charge in [0.05, 0.1) is 11.7 Å². The van der Waals surface area contributed by atoms with Gasteiger partial charge in [-0.15, -0.1) is 0 Å². The van der Waals surface area contributed by atoms with Gasteiger partial charge in [-0.1, -0.05) is 6.92 Å². The number of nitrogens with zero attached hydrogens (tertiary/aromatic N) is 2. The summed E-state index contributed by atoms with van der Waals surface area (Å²) in [6.07, 6.45) is 3.79. The van der Waals surface area contributed by atoms with Crippen molar-refractivity contribution in [3.63, 3.8) is 0 Å². The molecule has 0 radical (unpaired) electrons. The topological polar surface area (TPSA) is 47.3 Å². The summed E-state index contributed by atoms with van der Waals surface area (Å²) in [7, 11) is 0. The summed E-state index contributed by atoms with van der Waals surface area (Å²) in [5.41, 5.74) is -0.599. The van der Waals surface area contributed by atoms with Crippen LogP contribution in [0.2, 0.25) is 0 Å². The van der Waals surface area contributed by atoms with Crippen LogP contribution in [-0.4, -0.2) is 34.7 Å². The van der Waals surface area contributed by atoms with E-state index in [1.165, 1.54) is 12.8 Å². The Morgan fingerprint density at radius 2 is 2.21 bits per heavy atom. The second kappa shape index (κ2) is 4.77. The Morgan fingerprint density at radius 3 is 2.64 bits per heavy atom. The molecule has 1 unspecified atom stereocenters. The lowest BCUT2D eigenvalue weighted by Crippen LogP contribution is -2.42. The van der Waals surface area contributed by atoms with Crippen molar-refractivity contribution in [1.29, 1.82) is 5.26 Å². The molecule has 1 aliphatic rings. The highest BCUT2D eigenvalue weighted by Crippen LogP contribution is 2.28. The first-order chi connectivity index (χ1) is 6.59. The summed E-state index contributed by atoms with van der Waals surface area (Å²) >= 11 is 0. The van der Waals surface area contributed by atoms with E-state index in [0.717, 1.165) is 13.0 Å². The standard InChI is InChI=1S/C11H20N2O/c1-3-11(2,14)9-13(8-4-7-12)10-5-6-10/h10,14H,3-6,8-9H2,1-2H3. The zero-order chi connectivity index (χ0) is 10.6. The first kappa shape index (κ1) is 11.5. The monoisotopic (exact) mass is 196 g/mol. The summed E-state index contributed by atoms with van der Waals surface area (Å²) in [4.78, 5) is 2.26. The van der Waals surface area contributed by atoms with Crippen LogP contribution in [0.15, 0.2) is 0 Å². The molecule has 0 aliphatic heterocycles. The van der Waals surface area contributed by atoms with Crippen molar-refractivity contribution in [2.24, 2.45) is 0 Å². The Morgan fingerprint density at radius 1 is 1.57 bits per heavy atom. The molecule has 0 aromatic heterocycles. The van der Waals surface area contributed by atoms with E-state index in [9.17, 15) is 5.11 Å². The molecule has 80 valence electrons. The van der Waals surface area contributed by atoms with Gasteiger partial charge in [0.15, 0.2) is 0 Å². The smallest absolute Gasteiger partial charge is 0.0743 e. The third-order valence-corrected chi connectivity index (χ3v) is 2.88. The van der Waals surface area contributed by atoms with Crippen LogP contribution in [0.25, 0.3) is 0 Å². The van der Waals surface area contributed by atoms with E-state index < -0.39 is 5.60 Å². The zero-order valence-electron chi connectivity index (χ0n) is 9.16. The minimum absolute atomic E-state index is 0.566. The summed E-state index contributed by atoms with van der Waals surface area (Å²) in [6.45, 7) is 5.37. The van der Waals surface area contributed by atoms with Gasteiger partial charge in [-0.25, -0.2) is 0 Å². The van der Waals surface area contributed by atoms with Crippen LogP contribution in [0.5, 0.6) is 0 Å². The third kappa shape index (κ3) is 3.65. The van der Waals surface area contributed by atoms with Crippen LogP contribution in [0.1, 0.15) is 39.5 Å². The second-order valence-electron chi connectivity index (χ2n) is 4.46. The lowest BCUT2D eigenvalue weighted by molar-refractivity contribution is 0.0143. The molecule has 0 saturated heterocycles. The number of hydrogen-bond donors (Lipinski definition) is 1. The Bertz CT molecular complexity index is 216. The molecule has 1 rings (SSSR count). The highest BCUT2D eigenvalue weighted by atomic mass is 16.3. The highest BCUT2D eigenvalue weighted by molar-refractivity contribution is 4.89.